The zero-order valence-electron chi connectivity index (χ0n) is 11.4. The summed E-state index contributed by atoms with van der Waals surface area (Å²) in [4.78, 5) is 17.9. The summed E-state index contributed by atoms with van der Waals surface area (Å²) in [5.41, 5.74) is 0.452. The van der Waals surface area contributed by atoms with Crippen LogP contribution in [0.15, 0.2) is 60.7 Å². The van der Waals surface area contributed by atoms with E-state index >= 15 is 0 Å². The van der Waals surface area contributed by atoms with E-state index in [1.807, 2.05) is 0 Å². The molecule has 6 nitrogen and oxygen atoms in total. The van der Waals surface area contributed by atoms with Crippen molar-refractivity contribution in [2.45, 2.75) is 10.5 Å². The molecule has 0 heterocycles. The molecule has 0 saturated heterocycles. The van der Waals surface area contributed by atoms with Gasteiger partial charge in [-0.15, -0.1) is 0 Å². The van der Waals surface area contributed by atoms with Gasteiger partial charge in [-0.3, -0.25) is 0 Å². The third kappa shape index (κ3) is 4.88. The van der Waals surface area contributed by atoms with Crippen LogP contribution in [0.4, 0.5) is 0 Å². The van der Waals surface area contributed by atoms with Gasteiger partial charge in [-0.1, -0.05) is 60.7 Å². The van der Waals surface area contributed by atoms with E-state index in [0.29, 0.717) is 0 Å². The normalized spacial score (nSPS) is 16.0. The zero-order valence-corrected chi connectivity index (χ0v) is 14.1. The molecule has 0 saturated carbocycles. The van der Waals surface area contributed by atoms with Crippen molar-refractivity contribution in [3.05, 3.63) is 71.8 Å². The maximum atomic E-state index is 9.00. The molecule has 0 bridgehead atoms. The van der Waals surface area contributed by atoms with Crippen molar-refractivity contribution in [1.29, 1.82) is 0 Å². The summed E-state index contributed by atoms with van der Waals surface area (Å²) in [7, 11) is 0. The third-order valence-corrected chi connectivity index (χ3v) is 3.43. The van der Waals surface area contributed by atoms with Gasteiger partial charge in [0.25, 0.3) is 0 Å². The number of hydrogen-bond acceptors (Lipinski definition) is 6. The van der Waals surface area contributed by atoms with E-state index in [0.717, 1.165) is 0 Å². The minimum Gasteiger partial charge on any atom is -0.247 e. The van der Waals surface area contributed by atoms with E-state index in [4.69, 9.17) is 43.5 Å². The molecule has 0 amide bonds. The molecule has 9 heteroatoms. The molecule has 0 fully saturated rings. The van der Waals surface area contributed by atoms with Gasteiger partial charge in [0.15, 0.2) is 0 Å². The second kappa shape index (κ2) is 8.96. The molecule has 2 rings (SSSR count). The first kappa shape index (κ1) is 20.3. The van der Waals surface area contributed by atoms with Gasteiger partial charge < -0.3 is 0 Å². The van der Waals surface area contributed by atoms with Crippen molar-refractivity contribution in [1.82, 2.24) is 0 Å². The van der Waals surface area contributed by atoms with E-state index in [1.165, 1.54) is 24.3 Å². The van der Waals surface area contributed by atoms with Gasteiger partial charge in [-0.25, -0.2) is 10.5 Å². The Morgan fingerprint density at radius 3 is 1.22 bits per heavy atom. The van der Waals surface area contributed by atoms with Crippen LogP contribution in [-0.2, 0) is 47.1 Å². The minimum absolute atomic E-state index is 0. The number of hydrogen-bond donors (Lipinski definition) is 2. The average molecular weight is 402 g/mol. The van der Waals surface area contributed by atoms with Crippen LogP contribution in [0.25, 0.3) is 0 Å². The molecule has 2 aromatic rings. The Kier molecular flexibility index (Phi) is 7.92. The summed E-state index contributed by atoms with van der Waals surface area (Å²) >= 11 is 12.0. The molecule has 2 atom stereocenters. The Morgan fingerprint density at radius 1 is 0.652 bits per heavy atom. The largest absolute Gasteiger partial charge is 0.333 e. The maximum Gasteiger partial charge on any atom is 0.333 e. The summed E-state index contributed by atoms with van der Waals surface area (Å²) < 4.78 is 0. The second-order valence-electron chi connectivity index (χ2n) is 4.15. The van der Waals surface area contributed by atoms with Crippen molar-refractivity contribution < 1.29 is 47.1 Å². The number of alkyl halides is 2. The predicted octanol–water partition coefficient (Wildman–Crippen LogP) is 4.01. The molecule has 0 aliphatic carbocycles. The van der Waals surface area contributed by atoms with Crippen LogP contribution in [-0.4, -0.2) is 10.5 Å². The monoisotopic (exact) mass is 401 g/mol. The van der Waals surface area contributed by atoms with Crippen molar-refractivity contribution in [2.24, 2.45) is 0 Å². The molecule has 0 aliphatic rings. The van der Waals surface area contributed by atoms with Gasteiger partial charge in [0.2, 0.25) is 0 Å². The summed E-state index contributed by atoms with van der Waals surface area (Å²) in [6, 6.07) is 16.1. The van der Waals surface area contributed by atoms with Crippen LogP contribution in [0.3, 0.4) is 0 Å². The van der Waals surface area contributed by atoms with Crippen molar-refractivity contribution in [3.8, 4) is 0 Å². The molecule has 2 N–H and O–H groups in total. The number of rotatable bonds is 7. The van der Waals surface area contributed by atoms with Crippen LogP contribution in [0.5, 0.6) is 0 Å². The quantitative estimate of drug-likeness (QED) is 0.240. The van der Waals surface area contributed by atoms with Crippen LogP contribution < -0.4 is 0 Å². The van der Waals surface area contributed by atoms with Gasteiger partial charge in [0, 0.05) is 28.2 Å². The van der Waals surface area contributed by atoms with E-state index in [-0.39, 0.29) is 28.2 Å². The molecule has 0 aliphatic heterocycles. The van der Waals surface area contributed by atoms with Gasteiger partial charge in [-0.2, -0.15) is 19.6 Å². The molecule has 2 unspecified atom stereocenters. The first-order valence-corrected chi connectivity index (χ1v) is 6.80. The molecular formula is C14H12Cl2MnO6. The predicted molar refractivity (Wildman–Crippen MR) is 77.5 cm³/mol. The fraction of sp³-hybridized carbons (Fsp3) is 0.143. The van der Waals surface area contributed by atoms with Gasteiger partial charge in [-0.05, 0) is 23.2 Å². The standard InChI is InChI=1S/C14H12Cl2O6.Mn/c15-13(19-17,11-7-3-1-4-8-11)21-22-14(16,20-18)12-9-5-2-6-10-12;/h1-10,17-18H;. The topological polar surface area (TPSA) is 77.4 Å². The summed E-state index contributed by atoms with van der Waals surface area (Å²) in [6.07, 6.45) is 0. The van der Waals surface area contributed by atoms with E-state index in [2.05, 4.69) is 9.78 Å². The molecule has 0 spiro atoms. The molecule has 1 radical (unpaired) electrons. The minimum atomic E-state index is -2.20. The molecule has 125 valence electrons. The van der Waals surface area contributed by atoms with Gasteiger partial charge >= 0.3 is 10.5 Å². The molecular weight excluding hydrogens is 390 g/mol. The maximum absolute atomic E-state index is 9.00. The number of halogens is 2. The van der Waals surface area contributed by atoms with Crippen LogP contribution in [0.1, 0.15) is 11.1 Å². The second-order valence-corrected chi connectivity index (χ2v) is 5.15. The van der Waals surface area contributed by atoms with E-state index in [9.17, 15) is 0 Å². The Balaban J connectivity index is 0.00000264. The Labute approximate surface area is 152 Å². The number of benzene rings is 2. The zero-order chi connectivity index (χ0) is 16.1. The Bertz CT molecular complexity index is 537. The third-order valence-electron chi connectivity index (χ3n) is 2.73. The van der Waals surface area contributed by atoms with E-state index in [1.54, 1.807) is 36.4 Å². The van der Waals surface area contributed by atoms with Crippen molar-refractivity contribution in [2.75, 3.05) is 0 Å². The van der Waals surface area contributed by atoms with Crippen LogP contribution >= 0.6 is 23.2 Å². The fourth-order valence-electron chi connectivity index (χ4n) is 1.61. The smallest absolute Gasteiger partial charge is 0.247 e. The summed E-state index contributed by atoms with van der Waals surface area (Å²) in [6.45, 7) is 0. The van der Waals surface area contributed by atoms with Crippen LogP contribution in [0.2, 0.25) is 0 Å². The van der Waals surface area contributed by atoms with Crippen molar-refractivity contribution in [3.63, 3.8) is 0 Å². The molecule has 23 heavy (non-hydrogen) atoms. The van der Waals surface area contributed by atoms with Gasteiger partial charge in [0.05, 0.1) is 0 Å². The Hall–Kier alpha value is -0.701. The summed E-state index contributed by atoms with van der Waals surface area (Å²) in [5, 5.41) is 13.6. The van der Waals surface area contributed by atoms with E-state index < -0.39 is 10.5 Å². The first-order chi connectivity index (χ1) is 10.5. The summed E-state index contributed by atoms with van der Waals surface area (Å²) in [5.74, 6) is 0. The molecule has 2 aromatic carbocycles. The van der Waals surface area contributed by atoms with Gasteiger partial charge in [0.1, 0.15) is 0 Å². The van der Waals surface area contributed by atoms with Crippen LogP contribution in [0, 0.1) is 0 Å². The average Bonchev–Trinajstić information content (AvgIpc) is 2.61. The SMILES string of the molecule is OOC(Cl)(OOC(Cl)(OO)c1ccccc1)c1ccccc1.[Mn]. The fourth-order valence-corrected chi connectivity index (χ4v) is 1.93. The molecule has 0 aromatic heterocycles. The Morgan fingerprint density at radius 2 is 0.957 bits per heavy atom. The first-order valence-electron chi connectivity index (χ1n) is 6.05. The van der Waals surface area contributed by atoms with Crippen molar-refractivity contribution >= 4 is 23.2 Å².